The van der Waals surface area contributed by atoms with Crippen molar-refractivity contribution in [1.82, 2.24) is 19.6 Å². The number of likely N-dealkylation sites (tertiary alicyclic amines) is 1. The lowest BCUT2D eigenvalue weighted by Crippen LogP contribution is -2.31. The molecule has 29 heavy (non-hydrogen) atoms. The van der Waals surface area contributed by atoms with Gasteiger partial charge < -0.3 is 9.64 Å². The minimum absolute atomic E-state index is 0.323. The Balaban J connectivity index is 1.70. The van der Waals surface area contributed by atoms with Gasteiger partial charge in [0.2, 0.25) is 0 Å². The molecule has 0 N–H and O–H groups in total. The van der Waals surface area contributed by atoms with Crippen molar-refractivity contribution in [2.45, 2.75) is 19.0 Å². The van der Waals surface area contributed by atoms with Crippen LogP contribution in [0.15, 0.2) is 54.7 Å². The number of benzene rings is 2. The molecule has 0 saturated carbocycles. The average Bonchev–Trinajstić information content (AvgIpc) is 3.36. The van der Waals surface area contributed by atoms with Gasteiger partial charge in [-0.3, -0.25) is 4.90 Å². The molecule has 4 rings (SSSR count). The highest BCUT2D eigenvalue weighted by Crippen LogP contribution is 2.30. The van der Waals surface area contributed by atoms with Crippen LogP contribution in [0.2, 0.25) is 0 Å². The highest BCUT2D eigenvalue weighted by atomic mass is 19.1. The number of likely N-dealkylation sites (N-methyl/N-ethyl adjacent to an activating group) is 1. The predicted octanol–water partition coefficient (Wildman–Crippen LogP) is 3.82. The summed E-state index contributed by atoms with van der Waals surface area (Å²) in [5.74, 6) is 0.181. The summed E-state index contributed by atoms with van der Waals surface area (Å²) in [4.78, 5) is 4.69. The average molecular weight is 394 g/mol. The standard InChI is InChI=1S/C23H27FN4O/c1-26(2)19-11-12-27(16-19)14-17-15-28(18-7-5-4-6-8-18)25-23(17)21-10-9-20(29-3)13-22(21)24/h4-10,13,15,19H,11-12,14,16H2,1-3H3. The van der Waals surface area contributed by atoms with Gasteiger partial charge in [0.05, 0.1) is 12.8 Å². The zero-order valence-electron chi connectivity index (χ0n) is 17.2. The van der Waals surface area contributed by atoms with E-state index in [2.05, 4.69) is 23.9 Å². The summed E-state index contributed by atoms with van der Waals surface area (Å²) in [7, 11) is 5.79. The highest BCUT2D eigenvalue weighted by molar-refractivity contribution is 5.65. The van der Waals surface area contributed by atoms with Crippen molar-refractivity contribution in [2.24, 2.45) is 0 Å². The van der Waals surface area contributed by atoms with E-state index in [1.165, 1.54) is 6.07 Å². The molecule has 1 aromatic heterocycles. The first-order valence-corrected chi connectivity index (χ1v) is 9.92. The molecule has 0 amide bonds. The van der Waals surface area contributed by atoms with Crippen molar-refractivity contribution in [2.75, 3.05) is 34.3 Å². The van der Waals surface area contributed by atoms with Crippen molar-refractivity contribution in [1.29, 1.82) is 0 Å². The monoisotopic (exact) mass is 394 g/mol. The first-order chi connectivity index (χ1) is 14.0. The zero-order chi connectivity index (χ0) is 20.4. The van der Waals surface area contributed by atoms with Gasteiger partial charge in [-0.05, 0) is 44.8 Å². The van der Waals surface area contributed by atoms with Crippen molar-refractivity contribution >= 4 is 0 Å². The minimum Gasteiger partial charge on any atom is -0.497 e. The highest BCUT2D eigenvalue weighted by Gasteiger charge is 2.26. The van der Waals surface area contributed by atoms with Crippen molar-refractivity contribution in [3.63, 3.8) is 0 Å². The van der Waals surface area contributed by atoms with Crippen LogP contribution in [0.5, 0.6) is 5.75 Å². The second-order valence-electron chi connectivity index (χ2n) is 7.77. The SMILES string of the molecule is COc1ccc(-c2nn(-c3ccccc3)cc2CN2CCC(N(C)C)C2)c(F)c1. The van der Waals surface area contributed by atoms with Crippen molar-refractivity contribution < 1.29 is 9.13 Å². The van der Waals surface area contributed by atoms with Crippen LogP contribution in [0.25, 0.3) is 16.9 Å². The molecule has 1 saturated heterocycles. The maximum absolute atomic E-state index is 14.8. The molecule has 1 unspecified atom stereocenters. The fraction of sp³-hybridized carbons (Fsp3) is 0.348. The third kappa shape index (κ3) is 4.18. The van der Waals surface area contributed by atoms with Crippen molar-refractivity contribution in [3.8, 4) is 22.7 Å². The minimum atomic E-state index is -0.323. The molecule has 0 radical (unpaired) electrons. The molecule has 2 aromatic carbocycles. The number of hydrogen-bond acceptors (Lipinski definition) is 4. The summed E-state index contributed by atoms with van der Waals surface area (Å²) in [6.07, 6.45) is 3.17. The Morgan fingerprint density at radius 3 is 2.62 bits per heavy atom. The number of ether oxygens (including phenoxy) is 1. The maximum Gasteiger partial charge on any atom is 0.136 e. The Hall–Kier alpha value is -2.70. The third-order valence-corrected chi connectivity index (χ3v) is 5.61. The lowest BCUT2D eigenvalue weighted by molar-refractivity contribution is 0.265. The van der Waals surface area contributed by atoms with Gasteiger partial charge in [-0.2, -0.15) is 5.10 Å². The summed E-state index contributed by atoms with van der Waals surface area (Å²) in [5, 5.41) is 4.76. The molecule has 1 aliphatic heterocycles. The number of rotatable bonds is 6. The molecule has 1 atom stereocenters. The Morgan fingerprint density at radius 1 is 1.17 bits per heavy atom. The molecule has 6 heteroatoms. The lowest BCUT2D eigenvalue weighted by atomic mass is 10.1. The Kier molecular flexibility index (Phi) is 5.65. The molecule has 3 aromatic rings. The molecule has 0 spiro atoms. The summed E-state index contributed by atoms with van der Waals surface area (Å²) >= 11 is 0. The molecule has 1 fully saturated rings. The van der Waals surface area contributed by atoms with E-state index >= 15 is 0 Å². The van der Waals surface area contributed by atoms with Crippen LogP contribution in [0, 0.1) is 5.82 Å². The Morgan fingerprint density at radius 2 is 1.97 bits per heavy atom. The van der Waals surface area contributed by atoms with Crippen LogP contribution in [0.4, 0.5) is 4.39 Å². The molecular formula is C23H27FN4O. The Bertz CT molecular complexity index is 970. The normalized spacial score (nSPS) is 17.2. The zero-order valence-corrected chi connectivity index (χ0v) is 17.2. The van der Waals surface area contributed by atoms with Crippen LogP contribution in [0.3, 0.4) is 0 Å². The second-order valence-corrected chi connectivity index (χ2v) is 7.77. The molecule has 0 bridgehead atoms. The number of para-hydroxylation sites is 1. The van der Waals surface area contributed by atoms with Crippen LogP contribution in [-0.2, 0) is 6.54 Å². The summed E-state index contributed by atoms with van der Waals surface area (Å²) in [6, 6.07) is 15.4. The van der Waals surface area contributed by atoms with Gasteiger partial charge in [-0.15, -0.1) is 0 Å². The Labute approximate surface area is 171 Å². The second kappa shape index (κ2) is 8.35. The van der Waals surface area contributed by atoms with E-state index in [0.29, 0.717) is 23.0 Å². The number of halogens is 1. The van der Waals surface area contributed by atoms with E-state index < -0.39 is 0 Å². The van der Waals surface area contributed by atoms with E-state index in [0.717, 1.165) is 37.3 Å². The van der Waals surface area contributed by atoms with Gasteiger partial charge in [-0.25, -0.2) is 9.07 Å². The molecule has 5 nitrogen and oxygen atoms in total. The van der Waals surface area contributed by atoms with Crippen LogP contribution in [0.1, 0.15) is 12.0 Å². The van der Waals surface area contributed by atoms with E-state index in [1.54, 1.807) is 19.2 Å². The summed E-state index contributed by atoms with van der Waals surface area (Å²) in [5.41, 5.74) is 3.17. The predicted molar refractivity (Wildman–Crippen MR) is 113 cm³/mol. The largest absolute Gasteiger partial charge is 0.497 e. The molecular weight excluding hydrogens is 367 g/mol. The first-order valence-electron chi connectivity index (χ1n) is 9.92. The van der Waals surface area contributed by atoms with Gasteiger partial charge in [0.25, 0.3) is 0 Å². The quantitative estimate of drug-likeness (QED) is 0.636. The van der Waals surface area contributed by atoms with E-state index in [-0.39, 0.29) is 5.82 Å². The number of methoxy groups -OCH3 is 1. The molecule has 2 heterocycles. The van der Waals surface area contributed by atoms with Gasteiger partial charge in [0.15, 0.2) is 0 Å². The molecule has 0 aliphatic carbocycles. The number of aromatic nitrogens is 2. The van der Waals surface area contributed by atoms with Gasteiger partial charge in [-0.1, -0.05) is 18.2 Å². The van der Waals surface area contributed by atoms with Crippen LogP contribution < -0.4 is 4.74 Å². The smallest absolute Gasteiger partial charge is 0.136 e. The molecule has 152 valence electrons. The lowest BCUT2D eigenvalue weighted by Gasteiger charge is -2.20. The number of nitrogens with zero attached hydrogens (tertiary/aromatic N) is 4. The topological polar surface area (TPSA) is 33.5 Å². The number of hydrogen-bond donors (Lipinski definition) is 0. The fourth-order valence-electron chi connectivity index (χ4n) is 3.90. The van der Waals surface area contributed by atoms with E-state index in [9.17, 15) is 4.39 Å². The third-order valence-electron chi connectivity index (χ3n) is 5.61. The van der Waals surface area contributed by atoms with Gasteiger partial charge in [0.1, 0.15) is 17.3 Å². The maximum atomic E-state index is 14.8. The summed E-state index contributed by atoms with van der Waals surface area (Å²) in [6.45, 7) is 2.79. The van der Waals surface area contributed by atoms with Crippen LogP contribution in [-0.4, -0.2) is 59.9 Å². The van der Waals surface area contributed by atoms with E-state index in [1.807, 2.05) is 41.2 Å². The first kappa shape index (κ1) is 19.6. The van der Waals surface area contributed by atoms with Gasteiger partial charge >= 0.3 is 0 Å². The van der Waals surface area contributed by atoms with Crippen LogP contribution >= 0.6 is 0 Å². The fourth-order valence-corrected chi connectivity index (χ4v) is 3.90. The summed E-state index contributed by atoms with van der Waals surface area (Å²) < 4.78 is 21.8. The van der Waals surface area contributed by atoms with Gasteiger partial charge in [0, 0.05) is 49.1 Å². The van der Waals surface area contributed by atoms with Crippen molar-refractivity contribution in [3.05, 3.63) is 66.1 Å². The van der Waals surface area contributed by atoms with E-state index in [4.69, 9.17) is 9.84 Å². The molecule has 1 aliphatic rings.